The van der Waals surface area contributed by atoms with Gasteiger partial charge in [0.15, 0.2) is 11.2 Å². The second-order valence-corrected chi connectivity index (χ2v) is 4.77. The quantitative estimate of drug-likeness (QED) is 0.805. The lowest BCUT2D eigenvalue weighted by Crippen LogP contribution is -2.25. The van der Waals surface area contributed by atoms with Crippen LogP contribution < -0.4 is 11.1 Å². The van der Waals surface area contributed by atoms with Crippen LogP contribution >= 0.6 is 11.6 Å². The third kappa shape index (κ3) is 2.80. The summed E-state index contributed by atoms with van der Waals surface area (Å²) in [5.74, 6) is -0.970. The van der Waals surface area contributed by atoms with Gasteiger partial charge in [-0.15, -0.1) is 0 Å². The average molecular weight is 304 g/mol. The molecular formula is C14H10ClN3O3. The standard InChI is InChI=1S/C14H10ClN3O3/c15-9-3-5-10(6-4-9)17-12(19)8-18-13-11(21-14(18)20)2-1-7-16-13/h1-7H,8H2,(H,17,19). The van der Waals surface area contributed by atoms with Gasteiger partial charge in [0.1, 0.15) is 6.54 Å². The summed E-state index contributed by atoms with van der Waals surface area (Å²) in [5.41, 5.74) is 1.29. The fourth-order valence-electron chi connectivity index (χ4n) is 1.92. The van der Waals surface area contributed by atoms with Crippen LogP contribution in [0, 0.1) is 0 Å². The molecule has 21 heavy (non-hydrogen) atoms. The second kappa shape index (κ2) is 5.41. The van der Waals surface area contributed by atoms with Crippen LogP contribution in [-0.4, -0.2) is 15.5 Å². The van der Waals surface area contributed by atoms with Gasteiger partial charge >= 0.3 is 5.76 Å². The number of amides is 1. The van der Waals surface area contributed by atoms with Gasteiger partial charge in [0.2, 0.25) is 5.91 Å². The third-order valence-electron chi connectivity index (χ3n) is 2.85. The summed E-state index contributed by atoms with van der Waals surface area (Å²) in [6.45, 7) is -0.175. The summed E-state index contributed by atoms with van der Waals surface area (Å²) in [6, 6.07) is 9.96. The van der Waals surface area contributed by atoms with Crippen molar-refractivity contribution in [3.8, 4) is 0 Å². The Morgan fingerprint density at radius 1 is 1.29 bits per heavy atom. The highest BCUT2D eigenvalue weighted by Crippen LogP contribution is 2.14. The van der Waals surface area contributed by atoms with E-state index in [-0.39, 0.29) is 12.5 Å². The van der Waals surface area contributed by atoms with Crippen LogP contribution in [0.5, 0.6) is 0 Å². The SMILES string of the molecule is O=C(Cn1c(=O)oc2cccnc21)Nc1ccc(Cl)cc1. The zero-order chi connectivity index (χ0) is 14.8. The van der Waals surface area contributed by atoms with Crippen LogP contribution in [0.15, 0.2) is 51.8 Å². The van der Waals surface area contributed by atoms with Crippen LogP contribution in [0.1, 0.15) is 0 Å². The molecule has 0 radical (unpaired) electrons. The summed E-state index contributed by atoms with van der Waals surface area (Å²) >= 11 is 5.77. The lowest BCUT2D eigenvalue weighted by Gasteiger charge is -2.05. The van der Waals surface area contributed by atoms with Crippen molar-refractivity contribution in [2.75, 3.05) is 5.32 Å². The number of carbonyl (C=O) groups excluding carboxylic acids is 1. The molecule has 0 aliphatic rings. The summed E-state index contributed by atoms with van der Waals surface area (Å²) in [7, 11) is 0. The Morgan fingerprint density at radius 3 is 2.81 bits per heavy atom. The number of pyridine rings is 1. The molecule has 106 valence electrons. The van der Waals surface area contributed by atoms with Crippen molar-refractivity contribution >= 4 is 34.4 Å². The largest absolute Gasteiger partial charge is 0.421 e. The van der Waals surface area contributed by atoms with Crippen LogP contribution in [-0.2, 0) is 11.3 Å². The maximum atomic E-state index is 12.0. The summed E-state index contributed by atoms with van der Waals surface area (Å²) < 4.78 is 6.19. The number of aromatic nitrogens is 2. The van der Waals surface area contributed by atoms with Gasteiger partial charge in [-0.1, -0.05) is 11.6 Å². The smallest absolute Gasteiger partial charge is 0.406 e. The number of hydrogen-bond donors (Lipinski definition) is 1. The van der Waals surface area contributed by atoms with E-state index in [1.807, 2.05) is 0 Å². The van der Waals surface area contributed by atoms with Crippen molar-refractivity contribution in [2.45, 2.75) is 6.54 Å². The number of oxazole rings is 1. The Kier molecular flexibility index (Phi) is 3.45. The molecule has 0 saturated heterocycles. The van der Waals surface area contributed by atoms with Gasteiger partial charge in [-0.2, -0.15) is 0 Å². The second-order valence-electron chi connectivity index (χ2n) is 4.33. The molecule has 1 amide bonds. The highest BCUT2D eigenvalue weighted by Gasteiger charge is 2.13. The Bertz CT molecular complexity index is 852. The van der Waals surface area contributed by atoms with E-state index in [0.717, 1.165) is 0 Å². The lowest BCUT2D eigenvalue weighted by atomic mass is 10.3. The molecule has 0 atom stereocenters. The van der Waals surface area contributed by atoms with Gasteiger partial charge in [-0.05, 0) is 36.4 Å². The molecule has 0 bridgehead atoms. The minimum absolute atomic E-state index is 0.175. The number of carbonyl (C=O) groups is 1. The van der Waals surface area contributed by atoms with Gasteiger partial charge in [-0.25, -0.2) is 14.3 Å². The first-order valence-corrected chi connectivity index (χ1v) is 6.51. The molecule has 1 aromatic carbocycles. The number of anilines is 1. The number of benzene rings is 1. The first-order valence-electron chi connectivity index (χ1n) is 6.13. The zero-order valence-electron chi connectivity index (χ0n) is 10.7. The molecule has 3 aromatic rings. The predicted molar refractivity (Wildman–Crippen MR) is 78.4 cm³/mol. The molecule has 7 heteroatoms. The summed E-state index contributed by atoms with van der Waals surface area (Å²) in [5, 5.41) is 3.25. The molecule has 2 aromatic heterocycles. The highest BCUT2D eigenvalue weighted by molar-refractivity contribution is 6.30. The van der Waals surface area contributed by atoms with E-state index in [0.29, 0.717) is 21.9 Å². The number of halogens is 1. The monoisotopic (exact) mass is 303 g/mol. The average Bonchev–Trinajstić information content (AvgIpc) is 2.78. The van der Waals surface area contributed by atoms with Crippen LogP contribution in [0.25, 0.3) is 11.2 Å². The van der Waals surface area contributed by atoms with Gasteiger partial charge in [0, 0.05) is 16.9 Å². The first-order chi connectivity index (χ1) is 10.1. The molecule has 0 spiro atoms. The number of fused-ring (bicyclic) bond motifs is 1. The molecule has 6 nitrogen and oxygen atoms in total. The van der Waals surface area contributed by atoms with E-state index >= 15 is 0 Å². The maximum absolute atomic E-state index is 12.0. The molecule has 2 heterocycles. The molecule has 0 saturated carbocycles. The molecule has 3 rings (SSSR count). The van der Waals surface area contributed by atoms with Crippen LogP contribution in [0.3, 0.4) is 0 Å². The molecule has 0 unspecified atom stereocenters. The van der Waals surface area contributed by atoms with E-state index in [9.17, 15) is 9.59 Å². The van der Waals surface area contributed by atoms with Gasteiger partial charge < -0.3 is 9.73 Å². The van der Waals surface area contributed by atoms with Crippen molar-refractivity contribution in [3.05, 3.63) is 58.2 Å². The maximum Gasteiger partial charge on any atom is 0.421 e. The van der Waals surface area contributed by atoms with E-state index in [4.69, 9.17) is 16.0 Å². The van der Waals surface area contributed by atoms with Gasteiger partial charge in [0.05, 0.1) is 0 Å². The van der Waals surface area contributed by atoms with Gasteiger partial charge in [-0.3, -0.25) is 4.79 Å². The van der Waals surface area contributed by atoms with E-state index in [2.05, 4.69) is 10.3 Å². The molecule has 0 fully saturated rings. The van der Waals surface area contributed by atoms with E-state index in [1.54, 1.807) is 36.4 Å². The normalized spacial score (nSPS) is 10.7. The predicted octanol–water partition coefficient (Wildman–Crippen LogP) is 2.28. The molecule has 0 aliphatic carbocycles. The van der Waals surface area contributed by atoms with Crippen molar-refractivity contribution in [1.82, 2.24) is 9.55 Å². The third-order valence-corrected chi connectivity index (χ3v) is 3.11. The fourth-order valence-corrected chi connectivity index (χ4v) is 2.04. The van der Waals surface area contributed by atoms with Gasteiger partial charge in [0.25, 0.3) is 0 Å². The topological polar surface area (TPSA) is 77.1 Å². The van der Waals surface area contributed by atoms with Crippen molar-refractivity contribution in [2.24, 2.45) is 0 Å². The Labute approximate surface area is 124 Å². The number of nitrogens with one attached hydrogen (secondary N) is 1. The highest BCUT2D eigenvalue weighted by atomic mass is 35.5. The minimum Gasteiger partial charge on any atom is -0.406 e. The zero-order valence-corrected chi connectivity index (χ0v) is 11.5. The van der Waals surface area contributed by atoms with E-state index < -0.39 is 5.76 Å². The summed E-state index contributed by atoms with van der Waals surface area (Å²) in [6.07, 6.45) is 1.53. The lowest BCUT2D eigenvalue weighted by molar-refractivity contribution is -0.116. The molecule has 0 aliphatic heterocycles. The Balaban J connectivity index is 1.82. The van der Waals surface area contributed by atoms with Crippen LogP contribution in [0.2, 0.25) is 5.02 Å². The van der Waals surface area contributed by atoms with Crippen LogP contribution in [0.4, 0.5) is 5.69 Å². The Hall–Kier alpha value is -2.60. The van der Waals surface area contributed by atoms with Crippen molar-refractivity contribution in [1.29, 1.82) is 0 Å². The van der Waals surface area contributed by atoms with Crippen molar-refractivity contribution in [3.63, 3.8) is 0 Å². The minimum atomic E-state index is -0.616. The fraction of sp³-hybridized carbons (Fsp3) is 0.0714. The number of nitrogens with zero attached hydrogens (tertiary/aromatic N) is 2. The number of rotatable bonds is 3. The van der Waals surface area contributed by atoms with E-state index in [1.165, 1.54) is 10.8 Å². The molecule has 1 N–H and O–H groups in total. The van der Waals surface area contributed by atoms with Crippen molar-refractivity contribution < 1.29 is 9.21 Å². The summed E-state index contributed by atoms with van der Waals surface area (Å²) in [4.78, 5) is 27.8. The first kappa shape index (κ1) is 13.4. The Morgan fingerprint density at radius 2 is 2.05 bits per heavy atom. The number of hydrogen-bond acceptors (Lipinski definition) is 4. The molecular weight excluding hydrogens is 294 g/mol.